The Morgan fingerprint density at radius 2 is 2.00 bits per heavy atom. The van der Waals surface area contributed by atoms with Crippen molar-refractivity contribution >= 4 is 11.6 Å². The van der Waals surface area contributed by atoms with Gasteiger partial charge in [-0.25, -0.2) is 0 Å². The van der Waals surface area contributed by atoms with E-state index in [-0.39, 0.29) is 11.9 Å². The molecule has 1 aliphatic heterocycles. The van der Waals surface area contributed by atoms with Gasteiger partial charge in [0.15, 0.2) is 0 Å². The van der Waals surface area contributed by atoms with Gasteiger partial charge in [-0.1, -0.05) is 36.4 Å². The van der Waals surface area contributed by atoms with Gasteiger partial charge in [-0.05, 0) is 55.1 Å². The number of hydrogen-bond donors (Lipinski definition) is 2. The molecule has 1 aliphatic rings. The van der Waals surface area contributed by atoms with Crippen LogP contribution in [0.3, 0.4) is 0 Å². The maximum atomic E-state index is 12.2. The SMILES string of the molecule is Cc1ccc(NC(=O)C2CCCN2)cc1-c1ccccc1. The molecule has 1 fully saturated rings. The summed E-state index contributed by atoms with van der Waals surface area (Å²) in [5.41, 5.74) is 4.40. The third-order valence-corrected chi connectivity index (χ3v) is 3.97. The van der Waals surface area contributed by atoms with E-state index in [0.717, 1.165) is 30.6 Å². The second-order valence-corrected chi connectivity index (χ2v) is 5.53. The van der Waals surface area contributed by atoms with E-state index in [4.69, 9.17) is 0 Å². The minimum atomic E-state index is -0.0496. The molecule has 21 heavy (non-hydrogen) atoms. The molecule has 1 heterocycles. The third-order valence-electron chi connectivity index (χ3n) is 3.97. The lowest BCUT2D eigenvalue weighted by Crippen LogP contribution is -2.35. The summed E-state index contributed by atoms with van der Waals surface area (Å²) in [7, 11) is 0. The van der Waals surface area contributed by atoms with Crippen LogP contribution in [0.25, 0.3) is 11.1 Å². The molecular formula is C18H20N2O. The highest BCUT2D eigenvalue weighted by Crippen LogP contribution is 2.26. The summed E-state index contributed by atoms with van der Waals surface area (Å²) in [5.74, 6) is 0.0652. The maximum Gasteiger partial charge on any atom is 0.241 e. The topological polar surface area (TPSA) is 41.1 Å². The minimum absolute atomic E-state index is 0.0496. The van der Waals surface area contributed by atoms with Gasteiger partial charge in [0.2, 0.25) is 5.91 Å². The molecule has 1 amide bonds. The maximum absolute atomic E-state index is 12.2. The molecule has 2 aromatic rings. The van der Waals surface area contributed by atoms with Crippen molar-refractivity contribution in [1.29, 1.82) is 0 Å². The predicted octanol–water partition coefficient (Wildman–Crippen LogP) is 3.35. The van der Waals surface area contributed by atoms with E-state index in [1.165, 1.54) is 11.1 Å². The van der Waals surface area contributed by atoms with Crippen LogP contribution >= 0.6 is 0 Å². The summed E-state index contributed by atoms with van der Waals surface area (Å²) >= 11 is 0. The number of carbonyl (C=O) groups excluding carboxylic acids is 1. The first kappa shape index (κ1) is 13.8. The number of amides is 1. The first-order valence-electron chi connectivity index (χ1n) is 7.44. The normalized spacial score (nSPS) is 17.7. The number of benzene rings is 2. The van der Waals surface area contributed by atoms with E-state index >= 15 is 0 Å². The zero-order valence-corrected chi connectivity index (χ0v) is 12.2. The number of aryl methyl sites for hydroxylation is 1. The lowest BCUT2D eigenvalue weighted by molar-refractivity contribution is -0.117. The standard InChI is InChI=1S/C18H20N2O/c1-13-9-10-15(20-18(21)17-8-5-11-19-17)12-16(13)14-6-3-2-4-7-14/h2-4,6-7,9-10,12,17,19H,5,8,11H2,1H3,(H,20,21). The van der Waals surface area contributed by atoms with Crippen LogP contribution in [-0.2, 0) is 4.79 Å². The number of carbonyl (C=O) groups is 1. The Morgan fingerprint density at radius 1 is 1.19 bits per heavy atom. The smallest absolute Gasteiger partial charge is 0.241 e. The Labute approximate surface area is 125 Å². The molecule has 1 atom stereocenters. The second-order valence-electron chi connectivity index (χ2n) is 5.53. The Morgan fingerprint density at radius 3 is 2.71 bits per heavy atom. The second kappa shape index (κ2) is 6.10. The van der Waals surface area contributed by atoms with Gasteiger partial charge in [0, 0.05) is 5.69 Å². The van der Waals surface area contributed by atoms with Crippen LogP contribution in [0, 0.1) is 6.92 Å². The minimum Gasteiger partial charge on any atom is -0.325 e. The van der Waals surface area contributed by atoms with Crippen molar-refractivity contribution in [2.75, 3.05) is 11.9 Å². The van der Waals surface area contributed by atoms with Crippen LogP contribution in [0.15, 0.2) is 48.5 Å². The highest BCUT2D eigenvalue weighted by molar-refractivity contribution is 5.95. The molecule has 2 aromatic carbocycles. The van der Waals surface area contributed by atoms with Crippen molar-refractivity contribution in [3.63, 3.8) is 0 Å². The van der Waals surface area contributed by atoms with E-state index in [9.17, 15) is 4.79 Å². The third kappa shape index (κ3) is 3.14. The Kier molecular flexibility index (Phi) is 4.02. The average Bonchev–Trinajstić information content (AvgIpc) is 3.04. The summed E-state index contributed by atoms with van der Waals surface area (Å²) in [6, 6.07) is 16.3. The number of nitrogens with one attached hydrogen (secondary N) is 2. The molecule has 3 nitrogen and oxygen atoms in total. The monoisotopic (exact) mass is 280 g/mol. The van der Waals surface area contributed by atoms with E-state index in [1.54, 1.807) is 0 Å². The molecule has 108 valence electrons. The molecule has 2 N–H and O–H groups in total. The van der Waals surface area contributed by atoms with Crippen molar-refractivity contribution in [3.8, 4) is 11.1 Å². The first-order chi connectivity index (χ1) is 10.2. The van der Waals surface area contributed by atoms with Gasteiger partial charge >= 0.3 is 0 Å². The quantitative estimate of drug-likeness (QED) is 0.905. The molecule has 3 rings (SSSR count). The molecule has 1 unspecified atom stereocenters. The average molecular weight is 280 g/mol. The van der Waals surface area contributed by atoms with E-state index in [1.807, 2.05) is 24.3 Å². The van der Waals surface area contributed by atoms with Gasteiger partial charge < -0.3 is 10.6 Å². The fourth-order valence-electron chi connectivity index (χ4n) is 2.77. The van der Waals surface area contributed by atoms with E-state index < -0.39 is 0 Å². The lowest BCUT2D eigenvalue weighted by atomic mass is 10.00. The van der Waals surface area contributed by atoms with Gasteiger partial charge in [0.05, 0.1) is 6.04 Å². The molecular weight excluding hydrogens is 260 g/mol. The largest absolute Gasteiger partial charge is 0.325 e. The van der Waals surface area contributed by atoms with Crippen LogP contribution in [0.5, 0.6) is 0 Å². The summed E-state index contributed by atoms with van der Waals surface area (Å²) in [4.78, 5) is 12.2. The van der Waals surface area contributed by atoms with Crippen LogP contribution in [0.4, 0.5) is 5.69 Å². The van der Waals surface area contributed by atoms with Crippen molar-refractivity contribution in [3.05, 3.63) is 54.1 Å². The van der Waals surface area contributed by atoms with Gasteiger partial charge in [0.25, 0.3) is 0 Å². The summed E-state index contributed by atoms with van der Waals surface area (Å²) in [6.45, 7) is 3.02. The van der Waals surface area contributed by atoms with Crippen LogP contribution < -0.4 is 10.6 Å². The number of rotatable bonds is 3. The first-order valence-corrected chi connectivity index (χ1v) is 7.44. The van der Waals surface area contributed by atoms with Crippen LogP contribution in [0.2, 0.25) is 0 Å². The number of hydrogen-bond acceptors (Lipinski definition) is 2. The van der Waals surface area contributed by atoms with Gasteiger partial charge in [0.1, 0.15) is 0 Å². The van der Waals surface area contributed by atoms with Crippen molar-refractivity contribution in [2.24, 2.45) is 0 Å². The predicted molar refractivity (Wildman–Crippen MR) is 86.3 cm³/mol. The molecule has 0 saturated carbocycles. The molecule has 0 radical (unpaired) electrons. The highest BCUT2D eigenvalue weighted by Gasteiger charge is 2.21. The summed E-state index contributed by atoms with van der Waals surface area (Å²) in [6.07, 6.45) is 1.99. The Hall–Kier alpha value is -2.13. The number of anilines is 1. The highest BCUT2D eigenvalue weighted by atomic mass is 16.2. The fourth-order valence-corrected chi connectivity index (χ4v) is 2.77. The van der Waals surface area contributed by atoms with Crippen molar-refractivity contribution in [2.45, 2.75) is 25.8 Å². The van der Waals surface area contributed by atoms with Crippen LogP contribution in [-0.4, -0.2) is 18.5 Å². The van der Waals surface area contributed by atoms with Crippen molar-refractivity contribution < 1.29 is 4.79 Å². The molecule has 1 saturated heterocycles. The zero-order chi connectivity index (χ0) is 14.7. The van der Waals surface area contributed by atoms with E-state index in [2.05, 4.69) is 41.8 Å². The lowest BCUT2D eigenvalue weighted by Gasteiger charge is -2.13. The van der Waals surface area contributed by atoms with Crippen LogP contribution in [0.1, 0.15) is 18.4 Å². The molecule has 0 aromatic heterocycles. The Balaban J connectivity index is 1.82. The van der Waals surface area contributed by atoms with E-state index in [0.29, 0.717) is 0 Å². The molecule has 0 bridgehead atoms. The summed E-state index contributed by atoms with van der Waals surface area (Å²) in [5, 5.41) is 6.24. The molecule has 0 spiro atoms. The van der Waals surface area contributed by atoms with Gasteiger partial charge in [-0.3, -0.25) is 4.79 Å². The Bertz CT molecular complexity index is 631. The van der Waals surface area contributed by atoms with Gasteiger partial charge in [-0.2, -0.15) is 0 Å². The molecule has 3 heteroatoms. The van der Waals surface area contributed by atoms with Gasteiger partial charge in [-0.15, -0.1) is 0 Å². The zero-order valence-electron chi connectivity index (χ0n) is 12.2. The summed E-state index contributed by atoms with van der Waals surface area (Å²) < 4.78 is 0. The van der Waals surface area contributed by atoms with Crippen molar-refractivity contribution in [1.82, 2.24) is 5.32 Å². The molecule has 0 aliphatic carbocycles. The fraction of sp³-hybridized carbons (Fsp3) is 0.278.